The molecule has 2 aromatic carbocycles. The zero-order valence-corrected chi connectivity index (χ0v) is 19.3. The average Bonchev–Trinajstić information content (AvgIpc) is 3.17. The molecule has 172 valence electrons. The molecule has 3 amide bonds. The van der Waals surface area contributed by atoms with Crippen molar-refractivity contribution in [2.45, 2.75) is 18.8 Å². The van der Waals surface area contributed by atoms with Gasteiger partial charge in [-0.1, -0.05) is 48.0 Å². The molecule has 0 aliphatic carbocycles. The summed E-state index contributed by atoms with van der Waals surface area (Å²) in [6.45, 7) is 4.73. The van der Waals surface area contributed by atoms with Gasteiger partial charge < -0.3 is 14.7 Å². The normalized spacial score (nSPS) is 23.5. The second-order valence-electron chi connectivity index (χ2n) is 8.67. The summed E-state index contributed by atoms with van der Waals surface area (Å²) in [6.07, 6.45) is -0.502. The zero-order valence-electron chi connectivity index (χ0n) is 18.5. The van der Waals surface area contributed by atoms with Crippen molar-refractivity contribution in [2.24, 2.45) is 4.99 Å². The van der Waals surface area contributed by atoms with Gasteiger partial charge in [0.15, 0.2) is 12.2 Å². The summed E-state index contributed by atoms with van der Waals surface area (Å²) in [5.41, 5.74) is 2.23. The Morgan fingerprint density at radius 2 is 1.76 bits per heavy atom. The first-order valence-electron chi connectivity index (χ1n) is 11.2. The summed E-state index contributed by atoms with van der Waals surface area (Å²) in [5, 5.41) is 3.21. The fraction of sp³-hybridized carbons (Fsp3) is 0.375. The number of anilines is 1. The van der Waals surface area contributed by atoms with Crippen LogP contribution in [0.5, 0.6) is 0 Å². The van der Waals surface area contributed by atoms with Gasteiger partial charge in [0.2, 0.25) is 0 Å². The Balaban J connectivity index is 1.32. The number of benzene rings is 2. The smallest absolute Gasteiger partial charge is 0.325 e. The molecule has 0 aromatic heterocycles. The van der Waals surface area contributed by atoms with E-state index < -0.39 is 18.2 Å². The monoisotopic (exact) mass is 466 g/mol. The van der Waals surface area contributed by atoms with Gasteiger partial charge in [-0.2, -0.15) is 0 Å². The molecule has 0 bridgehead atoms. The van der Waals surface area contributed by atoms with Crippen molar-refractivity contribution in [3.05, 3.63) is 65.2 Å². The number of imide groups is 1. The predicted molar refractivity (Wildman–Crippen MR) is 128 cm³/mol. The highest BCUT2D eigenvalue weighted by molar-refractivity contribution is 6.30. The number of amidine groups is 1. The Kier molecular flexibility index (Phi) is 5.95. The number of rotatable bonds is 5. The third-order valence-electron chi connectivity index (χ3n) is 6.55. The van der Waals surface area contributed by atoms with Crippen LogP contribution in [0.25, 0.3) is 0 Å². The number of likely N-dealkylation sites (N-methyl/N-ethyl adjacent to an activating group) is 1. The molecule has 8 nitrogen and oxygen atoms in total. The van der Waals surface area contributed by atoms with Gasteiger partial charge in [-0.25, -0.2) is 9.79 Å². The highest BCUT2D eigenvalue weighted by Crippen LogP contribution is 2.27. The maximum atomic E-state index is 12.8. The maximum Gasteiger partial charge on any atom is 0.325 e. The van der Waals surface area contributed by atoms with E-state index >= 15 is 0 Å². The molecule has 3 aliphatic rings. The van der Waals surface area contributed by atoms with Gasteiger partial charge in [0.05, 0.1) is 6.54 Å². The van der Waals surface area contributed by atoms with E-state index in [9.17, 15) is 9.59 Å². The number of hydrogen-bond donors (Lipinski definition) is 1. The molecule has 2 unspecified atom stereocenters. The maximum absolute atomic E-state index is 12.8. The van der Waals surface area contributed by atoms with Crippen LogP contribution in [-0.4, -0.2) is 84.5 Å². The van der Waals surface area contributed by atoms with E-state index in [1.807, 2.05) is 48.5 Å². The largest absolute Gasteiger partial charge is 0.369 e. The van der Waals surface area contributed by atoms with Crippen LogP contribution in [0.15, 0.2) is 59.6 Å². The third kappa shape index (κ3) is 4.41. The molecular formula is C24H27ClN6O2. The topological polar surface area (TPSA) is 71.5 Å². The van der Waals surface area contributed by atoms with Crippen molar-refractivity contribution in [1.82, 2.24) is 20.0 Å². The Morgan fingerprint density at radius 1 is 1.00 bits per heavy atom. The molecule has 2 fully saturated rings. The van der Waals surface area contributed by atoms with E-state index in [0.29, 0.717) is 13.1 Å². The minimum atomic E-state index is -0.518. The molecular weight excluding hydrogens is 440 g/mol. The van der Waals surface area contributed by atoms with Crippen molar-refractivity contribution in [1.29, 1.82) is 0 Å². The van der Waals surface area contributed by atoms with Crippen molar-refractivity contribution in [2.75, 3.05) is 44.7 Å². The molecule has 0 radical (unpaired) electrons. The molecule has 0 spiro atoms. The van der Waals surface area contributed by atoms with Crippen LogP contribution in [0.3, 0.4) is 0 Å². The van der Waals surface area contributed by atoms with Crippen LogP contribution in [0.2, 0.25) is 5.02 Å². The first kappa shape index (κ1) is 21.7. The van der Waals surface area contributed by atoms with E-state index in [1.54, 1.807) is 7.05 Å². The molecule has 1 N–H and O–H groups in total. The Morgan fingerprint density at radius 3 is 2.48 bits per heavy atom. The first-order valence-corrected chi connectivity index (χ1v) is 11.5. The summed E-state index contributed by atoms with van der Waals surface area (Å²) in [4.78, 5) is 38.1. The number of carbonyl (C=O) groups excluding carboxylic acids is 2. The number of halogens is 1. The van der Waals surface area contributed by atoms with Crippen LogP contribution in [0.4, 0.5) is 10.5 Å². The molecule has 2 saturated heterocycles. The van der Waals surface area contributed by atoms with E-state index in [1.165, 1.54) is 4.90 Å². The highest BCUT2D eigenvalue weighted by atomic mass is 35.5. The minimum Gasteiger partial charge on any atom is -0.369 e. The molecule has 3 heterocycles. The van der Waals surface area contributed by atoms with Gasteiger partial charge in [0.25, 0.3) is 5.91 Å². The van der Waals surface area contributed by atoms with E-state index in [0.717, 1.165) is 48.3 Å². The van der Waals surface area contributed by atoms with Crippen LogP contribution in [0.1, 0.15) is 5.56 Å². The minimum absolute atomic E-state index is 0.288. The van der Waals surface area contributed by atoms with Crippen molar-refractivity contribution in [3.8, 4) is 0 Å². The second-order valence-corrected chi connectivity index (χ2v) is 9.10. The predicted octanol–water partition coefficient (Wildman–Crippen LogP) is 2.25. The number of aliphatic imine (C=N–C) groups is 1. The lowest BCUT2D eigenvalue weighted by Gasteiger charge is -2.38. The standard InChI is InChI=1S/C24H27ClN6O2/c1-28-22-21(23(32)27-24(28)33)31(15-17-6-3-2-4-7-17)20(26-22)16-29-10-12-30(13-11-29)19-9-5-8-18(25)14-19/h2-9,14,21-22H,10-13,15-16H2,1H3,(H,27,32,33). The molecule has 33 heavy (non-hydrogen) atoms. The molecule has 3 aliphatic heterocycles. The number of nitrogens with zero attached hydrogens (tertiary/aromatic N) is 5. The average molecular weight is 467 g/mol. The lowest BCUT2D eigenvalue weighted by molar-refractivity contribution is -0.127. The second kappa shape index (κ2) is 9.03. The number of nitrogens with one attached hydrogen (secondary N) is 1. The fourth-order valence-electron chi connectivity index (χ4n) is 4.72. The highest BCUT2D eigenvalue weighted by Gasteiger charge is 2.48. The van der Waals surface area contributed by atoms with Crippen LogP contribution in [0, 0.1) is 0 Å². The van der Waals surface area contributed by atoms with Gasteiger partial charge in [-0.15, -0.1) is 0 Å². The molecule has 9 heteroatoms. The lowest BCUT2D eigenvalue weighted by atomic mass is 10.1. The van der Waals surface area contributed by atoms with Gasteiger partial charge in [-0.05, 0) is 23.8 Å². The summed E-state index contributed by atoms with van der Waals surface area (Å²) < 4.78 is 0. The molecule has 0 saturated carbocycles. The van der Waals surface area contributed by atoms with Gasteiger partial charge >= 0.3 is 6.03 Å². The van der Waals surface area contributed by atoms with Crippen LogP contribution < -0.4 is 10.2 Å². The quantitative estimate of drug-likeness (QED) is 0.731. The first-order chi connectivity index (χ1) is 16.0. The lowest BCUT2D eigenvalue weighted by Crippen LogP contribution is -2.63. The Labute approximate surface area is 198 Å². The molecule has 2 atom stereocenters. The third-order valence-corrected chi connectivity index (χ3v) is 6.79. The van der Waals surface area contributed by atoms with Crippen molar-refractivity contribution < 1.29 is 9.59 Å². The van der Waals surface area contributed by atoms with E-state index in [4.69, 9.17) is 16.6 Å². The number of carbonyl (C=O) groups is 2. The Hall–Kier alpha value is -3.10. The molecule has 2 aromatic rings. The van der Waals surface area contributed by atoms with Gasteiger partial charge in [0, 0.05) is 50.5 Å². The van der Waals surface area contributed by atoms with E-state index in [-0.39, 0.29) is 5.91 Å². The van der Waals surface area contributed by atoms with E-state index in [2.05, 4.69) is 26.1 Å². The van der Waals surface area contributed by atoms with Crippen LogP contribution >= 0.6 is 11.6 Å². The Bertz CT molecular complexity index is 1070. The molecule has 5 rings (SSSR count). The summed E-state index contributed by atoms with van der Waals surface area (Å²) in [7, 11) is 1.69. The van der Waals surface area contributed by atoms with Gasteiger partial charge in [-0.3, -0.25) is 15.0 Å². The fourth-order valence-corrected chi connectivity index (χ4v) is 4.90. The SMILES string of the molecule is CN1C(=O)NC(=O)C2C1N=C(CN1CCN(c3cccc(Cl)c3)CC1)N2Cc1ccccc1. The number of amides is 3. The van der Waals surface area contributed by atoms with Crippen LogP contribution in [-0.2, 0) is 11.3 Å². The number of piperazine rings is 1. The van der Waals surface area contributed by atoms with Crippen molar-refractivity contribution >= 4 is 35.1 Å². The van der Waals surface area contributed by atoms with Gasteiger partial charge in [0.1, 0.15) is 5.84 Å². The van der Waals surface area contributed by atoms with Crippen molar-refractivity contribution in [3.63, 3.8) is 0 Å². The summed E-state index contributed by atoms with van der Waals surface area (Å²) >= 11 is 6.16. The summed E-state index contributed by atoms with van der Waals surface area (Å²) in [6, 6.07) is 17.1. The summed E-state index contributed by atoms with van der Waals surface area (Å²) in [5.74, 6) is 0.560. The zero-order chi connectivity index (χ0) is 22.9. The number of urea groups is 1. The number of fused-ring (bicyclic) bond motifs is 1. The number of hydrogen-bond acceptors (Lipinski definition) is 6.